The van der Waals surface area contributed by atoms with Gasteiger partial charge in [-0.25, -0.2) is 0 Å². The lowest BCUT2D eigenvalue weighted by molar-refractivity contribution is 1.06. The summed E-state index contributed by atoms with van der Waals surface area (Å²) in [4.78, 5) is 1.41. The summed E-state index contributed by atoms with van der Waals surface area (Å²) in [5.74, 6) is 5.22. The van der Waals surface area contributed by atoms with Crippen molar-refractivity contribution in [1.29, 1.82) is 0 Å². The van der Waals surface area contributed by atoms with E-state index in [0.717, 1.165) is 18.5 Å². The van der Waals surface area contributed by atoms with Crippen LogP contribution in [-0.4, -0.2) is 11.6 Å². The van der Waals surface area contributed by atoms with Crippen molar-refractivity contribution < 1.29 is 0 Å². The van der Waals surface area contributed by atoms with E-state index < -0.39 is 0 Å². The van der Waals surface area contributed by atoms with Crippen LogP contribution in [0.1, 0.15) is 19.8 Å². The van der Waals surface area contributed by atoms with Gasteiger partial charge in [-0.3, -0.25) is 0 Å². The summed E-state index contributed by atoms with van der Waals surface area (Å²) in [5, 5.41) is 0. The highest BCUT2D eigenvalue weighted by Crippen LogP contribution is 2.35. The molecular formula is C7H13NS. The molecule has 0 radical (unpaired) electrons. The molecule has 1 aliphatic rings. The zero-order valence-corrected chi connectivity index (χ0v) is 6.63. The highest BCUT2D eigenvalue weighted by atomic mass is 32.2. The lowest BCUT2D eigenvalue weighted by Gasteiger charge is -1.99. The van der Waals surface area contributed by atoms with Crippen LogP contribution in [0.5, 0.6) is 0 Å². The average molecular weight is 143 g/mol. The van der Waals surface area contributed by atoms with Gasteiger partial charge in [0.2, 0.25) is 0 Å². The smallest absolute Gasteiger partial charge is 0.0180 e. The van der Waals surface area contributed by atoms with Crippen LogP contribution in [0, 0.1) is 0 Å². The second-order valence-corrected chi connectivity index (χ2v) is 4.14. The molecule has 1 atom stereocenters. The first-order chi connectivity index (χ1) is 4.25. The van der Waals surface area contributed by atoms with Crippen molar-refractivity contribution in [3.8, 4) is 0 Å². The van der Waals surface area contributed by atoms with Crippen LogP contribution >= 0.6 is 10.5 Å². The van der Waals surface area contributed by atoms with Crippen LogP contribution in [0.25, 0.3) is 0 Å². The minimum atomic E-state index is 0.264. The first-order valence-electron chi connectivity index (χ1n) is 3.23. The third-order valence-electron chi connectivity index (χ3n) is 1.65. The van der Waals surface area contributed by atoms with E-state index in [1.807, 2.05) is 0 Å². The molecule has 0 aromatic carbocycles. The maximum absolute atomic E-state index is 5.73. The monoisotopic (exact) mass is 143 g/mol. The Hall–Kier alpha value is -0.240. The van der Waals surface area contributed by atoms with Crippen LogP contribution in [0.15, 0.2) is 10.6 Å². The van der Waals surface area contributed by atoms with Crippen LogP contribution in [0.4, 0.5) is 0 Å². The Morgan fingerprint density at radius 1 is 1.78 bits per heavy atom. The van der Waals surface area contributed by atoms with Crippen molar-refractivity contribution in [2.75, 3.05) is 5.75 Å². The predicted molar refractivity (Wildman–Crippen MR) is 45.7 cm³/mol. The summed E-state index contributed by atoms with van der Waals surface area (Å²) in [6.45, 7) is 2.15. The van der Waals surface area contributed by atoms with Gasteiger partial charge in [0.15, 0.2) is 0 Å². The molecule has 1 aliphatic heterocycles. The number of nitrogens with two attached hydrogens (primary N) is 1. The summed E-state index contributed by atoms with van der Waals surface area (Å²) >= 11 is 0. The third-order valence-corrected chi connectivity index (χ3v) is 3.59. The van der Waals surface area contributed by atoms with E-state index in [9.17, 15) is 0 Å². The molecule has 52 valence electrons. The van der Waals surface area contributed by atoms with Gasteiger partial charge >= 0.3 is 0 Å². The van der Waals surface area contributed by atoms with E-state index >= 15 is 0 Å². The van der Waals surface area contributed by atoms with Gasteiger partial charge < -0.3 is 5.73 Å². The van der Waals surface area contributed by atoms with Crippen molar-refractivity contribution in [1.82, 2.24) is 0 Å². The van der Waals surface area contributed by atoms with E-state index in [1.54, 1.807) is 0 Å². The van der Waals surface area contributed by atoms with Crippen LogP contribution in [0.2, 0.25) is 0 Å². The molecule has 0 saturated carbocycles. The van der Waals surface area contributed by atoms with Gasteiger partial charge in [0.05, 0.1) is 0 Å². The largest absolute Gasteiger partial charge is 0.401 e. The predicted octanol–water partition coefficient (Wildman–Crippen LogP) is 1.67. The van der Waals surface area contributed by atoms with Gasteiger partial charge in [-0.1, -0.05) is 12.8 Å². The lowest BCUT2D eigenvalue weighted by Crippen LogP contribution is -1.94. The molecule has 0 spiro atoms. The summed E-state index contributed by atoms with van der Waals surface area (Å²) in [5.41, 5.74) is 6.83. The van der Waals surface area contributed by atoms with E-state index in [0.29, 0.717) is 0 Å². The molecule has 0 aliphatic carbocycles. The number of rotatable bonds is 1. The number of hydrogen-bond donors (Lipinski definition) is 1. The minimum Gasteiger partial charge on any atom is -0.401 e. The van der Waals surface area contributed by atoms with E-state index in [1.165, 1.54) is 10.7 Å². The Kier molecular flexibility index (Phi) is 1.96. The molecule has 0 aromatic rings. The SMILES string of the molecule is C=S1CCC(N)=C1CC. The molecule has 2 heteroatoms. The van der Waals surface area contributed by atoms with E-state index in [4.69, 9.17) is 5.73 Å². The Labute approximate surface area is 58.9 Å². The van der Waals surface area contributed by atoms with Crippen molar-refractivity contribution in [2.24, 2.45) is 5.73 Å². The standard InChI is InChI=1S/C7H13NS/c1-3-7-6(8)4-5-9(7)2/h2-5,8H2,1H3. The Morgan fingerprint density at radius 2 is 2.44 bits per heavy atom. The summed E-state index contributed by atoms with van der Waals surface area (Å²) in [7, 11) is 0.264. The second-order valence-electron chi connectivity index (χ2n) is 2.25. The van der Waals surface area contributed by atoms with Gasteiger partial charge in [0.1, 0.15) is 0 Å². The topological polar surface area (TPSA) is 26.0 Å². The second kappa shape index (κ2) is 2.56. The molecular weight excluding hydrogens is 130 g/mol. The van der Waals surface area contributed by atoms with Crippen molar-refractivity contribution >= 4 is 16.4 Å². The van der Waals surface area contributed by atoms with E-state index in [-0.39, 0.29) is 10.5 Å². The number of hydrogen-bond acceptors (Lipinski definition) is 1. The van der Waals surface area contributed by atoms with Crippen LogP contribution in [-0.2, 0) is 0 Å². The zero-order valence-electron chi connectivity index (χ0n) is 5.81. The van der Waals surface area contributed by atoms with Crippen LogP contribution < -0.4 is 5.73 Å². The minimum absolute atomic E-state index is 0.264. The highest BCUT2D eigenvalue weighted by Gasteiger charge is 2.11. The van der Waals surface area contributed by atoms with Crippen molar-refractivity contribution in [2.45, 2.75) is 19.8 Å². The molecule has 0 bridgehead atoms. The molecule has 0 amide bonds. The summed E-state index contributed by atoms with van der Waals surface area (Å²) in [6, 6.07) is 0. The molecule has 0 fully saturated rings. The zero-order chi connectivity index (χ0) is 6.85. The first kappa shape index (κ1) is 6.87. The molecule has 0 saturated heterocycles. The average Bonchev–Trinajstić information content (AvgIpc) is 2.12. The summed E-state index contributed by atoms with van der Waals surface area (Å²) < 4.78 is 0. The Bertz CT molecular complexity index is 170. The fourth-order valence-electron chi connectivity index (χ4n) is 1.11. The van der Waals surface area contributed by atoms with Crippen molar-refractivity contribution in [3.63, 3.8) is 0 Å². The van der Waals surface area contributed by atoms with Crippen molar-refractivity contribution in [3.05, 3.63) is 10.6 Å². The first-order valence-corrected chi connectivity index (χ1v) is 4.80. The van der Waals surface area contributed by atoms with Gasteiger partial charge in [-0.2, -0.15) is 10.5 Å². The van der Waals surface area contributed by atoms with Gasteiger partial charge in [-0.05, 0) is 23.5 Å². The molecule has 1 heterocycles. The highest BCUT2D eigenvalue weighted by molar-refractivity contribution is 8.17. The van der Waals surface area contributed by atoms with Gasteiger partial charge in [-0.15, -0.1) is 0 Å². The lowest BCUT2D eigenvalue weighted by atomic mass is 10.3. The van der Waals surface area contributed by atoms with Gasteiger partial charge in [0, 0.05) is 5.70 Å². The number of allylic oxidation sites excluding steroid dienone is 2. The van der Waals surface area contributed by atoms with Crippen LogP contribution in [0.3, 0.4) is 0 Å². The molecule has 2 N–H and O–H groups in total. The molecule has 9 heavy (non-hydrogen) atoms. The molecule has 0 aromatic heterocycles. The maximum Gasteiger partial charge on any atom is 0.0180 e. The Morgan fingerprint density at radius 3 is 2.67 bits per heavy atom. The van der Waals surface area contributed by atoms with Gasteiger partial charge in [0.25, 0.3) is 0 Å². The quantitative estimate of drug-likeness (QED) is 0.555. The normalized spacial score (nSPS) is 27.4. The molecule has 1 nitrogen and oxygen atoms in total. The third kappa shape index (κ3) is 1.18. The molecule has 1 rings (SSSR count). The van der Waals surface area contributed by atoms with E-state index in [2.05, 4.69) is 12.8 Å². The summed E-state index contributed by atoms with van der Waals surface area (Å²) in [6.07, 6.45) is 2.17. The fourth-order valence-corrected chi connectivity index (χ4v) is 2.71. The fraction of sp³-hybridized carbons (Fsp3) is 0.571. The molecule has 1 unspecified atom stereocenters. The Balaban J connectivity index is 2.82. The maximum atomic E-state index is 5.73.